The van der Waals surface area contributed by atoms with E-state index in [1.54, 1.807) is 7.11 Å². The van der Waals surface area contributed by atoms with Crippen LogP contribution in [0.25, 0.3) is 0 Å². The predicted molar refractivity (Wildman–Crippen MR) is 93.2 cm³/mol. The van der Waals surface area contributed by atoms with E-state index >= 15 is 0 Å². The summed E-state index contributed by atoms with van der Waals surface area (Å²) in [7, 11) is 1.67. The van der Waals surface area contributed by atoms with E-state index in [1.165, 1.54) is 51.4 Å². The molecule has 8 nitrogen and oxygen atoms in total. The van der Waals surface area contributed by atoms with Crippen LogP contribution in [0.2, 0.25) is 0 Å². The number of hydrogen-bond acceptors (Lipinski definition) is 8. The van der Waals surface area contributed by atoms with Gasteiger partial charge in [0.25, 0.3) is 0 Å². The summed E-state index contributed by atoms with van der Waals surface area (Å²) in [6.45, 7) is 3.16. The zero-order valence-corrected chi connectivity index (χ0v) is 14.8. The van der Waals surface area contributed by atoms with E-state index in [2.05, 4.69) is 33.3 Å². The monoisotopic (exact) mass is 331 g/mol. The van der Waals surface area contributed by atoms with Gasteiger partial charge in [-0.3, -0.25) is 17.0 Å². The molecule has 1 fully saturated rings. The van der Waals surface area contributed by atoms with Crippen LogP contribution in [0, 0.1) is 0 Å². The van der Waals surface area contributed by atoms with E-state index in [0.29, 0.717) is 0 Å². The molecule has 8 N–H and O–H groups in total. The Hall–Kier alpha value is -0.320. The third-order valence-electron chi connectivity index (χ3n) is 4.33. The molecule has 1 saturated heterocycles. The fourth-order valence-corrected chi connectivity index (χ4v) is 2.97. The quantitative estimate of drug-likeness (QED) is 0.164. The normalized spacial score (nSPS) is 25.8. The molecule has 0 aromatic rings. The van der Waals surface area contributed by atoms with Crippen LogP contribution in [0.15, 0.2) is 0 Å². The summed E-state index contributed by atoms with van der Waals surface area (Å²) >= 11 is 0. The van der Waals surface area contributed by atoms with E-state index in [-0.39, 0.29) is 18.9 Å². The molecule has 8 heteroatoms. The van der Waals surface area contributed by atoms with Crippen molar-refractivity contribution in [3.05, 3.63) is 0 Å². The molecule has 3 atom stereocenters. The van der Waals surface area contributed by atoms with Crippen molar-refractivity contribution >= 4 is 0 Å². The van der Waals surface area contributed by atoms with Crippen LogP contribution >= 0.6 is 0 Å². The second kappa shape index (κ2) is 13.0. The van der Waals surface area contributed by atoms with Crippen LogP contribution in [0.5, 0.6) is 0 Å². The van der Waals surface area contributed by atoms with Gasteiger partial charge in [0.05, 0.1) is 0 Å². The maximum Gasteiger partial charge on any atom is 0.170 e. The summed E-state index contributed by atoms with van der Waals surface area (Å²) in [4.78, 5) is 2.12. The highest BCUT2D eigenvalue weighted by Crippen LogP contribution is 2.12. The van der Waals surface area contributed by atoms with Gasteiger partial charge in [0, 0.05) is 13.7 Å². The van der Waals surface area contributed by atoms with Crippen molar-refractivity contribution in [1.82, 2.24) is 26.4 Å². The summed E-state index contributed by atoms with van der Waals surface area (Å²) in [5.74, 6) is 11.1. The third kappa shape index (κ3) is 7.86. The average molecular weight is 332 g/mol. The van der Waals surface area contributed by atoms with Crippen LogP contribution in [0.1, 0.15) is 64.7 Å². The predicted octanol–water partition coefficient (Wildman–Crippen LogP) is 0.436. The van der Waals surface area contributed by atoms with Gasteiger partial charge in [-0.15, -0.1) is 0 Å². The maximum absolute atomic E-state index is 5.63. The molecule has 1 aliphatic heterocycles. The molecule has 0 aromatic carbocycles. The first-order valence-corrected chi connectivity index (χ1v) is 8.99. The number of nitrogens with two attached hydrogens (primary N) is 2. The molecule has 0 bridgehead atoms. The Balaban J connectivity index is 2.18. The standard InChI is InChI=1S/C15H37N7O/c1-3-4-5-6-7-8-9-10-11-12-22-14(21-17)18-13(20-16)19-15(22)23-2/h13-15,18-21H,3-12,16-17H2,1-2H3. The fourth-order valence-electron chi connectivity index (χ4n) is 2.97. The largest absolute Gasteiger partial charge is 0.353 e. The van der Waals surface area contributed by atoms with E-state index in [4.69, 9.17) is 16.4 Å². The zero-order chi connectivity index (χ0) is 16.9. The minimum atomic E-state index is -0.250. The van der Waals surface area contributed by atoms with Gasteiger partial charge in [0.15, 0.2) is 6.35 Å². The van der Waals surface area contributed by atoms with Crippen molar-refractivity contribution in [2.45, 2.75) is 83.6 Å². The first kappa shape index (κ1) is 20.7. The Morgan fingerprint density at radius 1 is 0.913 bits per heavy atom. The summed E-state index contributed by atoms with van der Waals surface area (Å²) in [5.41, 5.74) is 5.40. The topological polar surface area (TPSA) is 113 Å². The molecule has 0 saturated carbocycles. The molecule has 23 heavy (non-hydrogen) atoms. The van der Waals surface area contributed by atoms with E-state index in [9.17, 15) is 0 Å². The maximum atomic E-state index is 5.63. The average Bonchev–Trinajstić information content (AvgIpc) is 2.59. The highest BCUT2D eigenvalue weighted by Gasteiger charge is 2.33. The van der Waals surface area contributed by atoms with Crippen molar-refractivity contribution in [2.75, 3.05) is 13.7 Å². The lowest BCUT2D eigenvalue weighted by atomic mass is 10.1. The van der Waals surface area contributed by atoms with Crippen LogP contribution in [-0.4, -0.2) is 37.5 Å². The molecular formula is C15H37N7O. The lowest BCUT2D eigenvalue weighted by molar-refractivity contribution is -0.133. The minimum absolute atomic E-state index is 0.184. The number of hydrazine groups is 2. The molecule has 0 aromatic heterocycles. The van der Waals surface area contributed by atoms with Crippen molar-refractivity contribution < 1.29 is 4.74 Å². The van der Waals surface area contributed by atoms with Gasteiger partial charge in [-0.25, -0.2) is 21.1 Å². The van der Waals surface area contributed by atoms with Gasteiger partial charge in [-0.2, -0.15) is 0 Å². The molecule has 0 radical (unpaired) electrons. The summed E-state index contributed by atoms with van der Waals surface area (Å²) < 4.78 is 5.48. The Labute approximate surface area is 141 Å². The van der Waals surface area contributed by atoms with Crippen LogP contribution in [-0.2, 0) is 4.74 Å². The van der Waals surface area contributed by atoms with Crippen molar-refractivity contribution in [3.63, 3.8) is 0 Å². The Morgan fingerprint density at radius 3 is 2.04 bits per heavy atom. The molecule has 138 valence electrons. The highest BCUT2D eigenvalue weighted by atomic mass is 16.5. The second-order valence-electron chi connectivity index (χ2n) is 6.16. The molecule has 3 unspecified atom stereocenters. The minimum Gasteiger partial charge on any atom is -0.353 e. The smallest absolute Gasteiger partial charge is 0.170 e. The molecule has 1 heterocycles. The number of ether oxygens (including phenoxy) is 1. The number of unbranched alkanes of at least 4 members (excludes halogenated alkanes) is 8. The Morgan fingerprint density at radius 2 is 1.52 bits per heavy atom. The number of methoxy groups -OCH3 is 1. The fraction of sp³-hybridized carbons (Fsp3) is 1.00. The zero-order valence-electron chi connectivity index (χ0n) is 14.8. The summed E-state index contributed by atoms with van der Waals surface area (Å²) in [6.07, 6.45) is 11.2. The van der Waals surface area contributed by atoms with Gasteiger partial charge >= 0.3 is 0 Å². The summed E-state index contributed by atoms with van der Waals surface area (Å²) in [6, 6.07) is 0. The molecular weight excluding hydrogens is 294 g/mol. The van der Waals surface area contributed by atoms with E-state index < -0.39 is 0 Å². The lowest BCUT2D eigenvalue weighted by Crippen LogP contribution is -2.77. The SMILES string of the molecule is CCCCCCCCCCCN1C(NN)NC(NN)NC1OC. The first-order valence-electron chi connectivity index (χ1n) is 8.99. The second-order valence-corrected chi connectivity index (χ2v) is 6.16. The molecule has 0 aliphatic carbocycles. The Bertz CT molecular complexity index is 269. The van der Waals surface area contributed by atoms with Crippen LogP contribution < -0.4 is 33.2 Å². The van der Waals surface area contributed by atoms with Crippen molar-refractivity contribution in [3.8, 4) is 0 Å². The van der Waals surface area contributed by atoms with Gasteiger partial charge in [-0.1, -0.05) is 58.3 Å². The van der Waals surface area contributed by atoms with Gasteiger partial charge in [-0.05, 0) is 6.42 Å². The first-order chi connectivity index (χ1) is 11.3. The van der Waals surface area contributed by atoms with E-state index in [1.807, 2.05) is 0 Å². The van der Waals surface area contributed by atoms with Gasteiger partial charge in [0.2, 0.25) is 0 Å². The van der Waals surface area contributed by atoms with E-state index in [0.717, 1.165) is 13.0 Å². The van der Waals surface area contributed by atoms with Gasteiger partial charge in [0.1, 0.15) is 12.6 Å². The van der Waals surface area contributed by atoms with Crippen molar-refractivity contribution in [1.29, 1.82) is 0 Å². The molecule has 0 amide bonds. The summed E-state index contributed by atoms with van der Waals surface area (Å²) in [5, 5.41) is 6.42. The molecule has 1 aliphatic rings. The molecule has 1 rings (SSSR count). The molecule has 0 spiro atoms. The van der Waals surface area contributed by atoms with Crippen LogP contribution in [0.4, 0.5) is 0 Å². The third-order valence-corrected chi connectivity index (χ3v) is 4.33. The Kier molecular flexibility index (Phi) is 11.7. The highest BCUT2D eigenvalue weighted by molar-refractivity contribution is 4.78. The number of nitrogens with one attached hydrogen (secondary N) is 4. The van der Waals surface area contributed by atoms with Gasteiger partial charge < -0.3 is 4.74 Å². The number of rotatable bonds is 13. The number of hydrogen-bond donors (Lipinski definition) is 6. The number of nitrogens with zero attached hydrogens (tertiary/aromatic N) is 1. The van der Waals surface area contributed by atoms with Crippen LogP contribution in [0.3, 0.4) is 0 Å². The van der Waals surface area contributed by atoms with Crippen molar-refractivity contribution in [2.24, 2.45) is 11.7 Å². The lowest BCUT2D eigenvalue weighted by Gasteiger charge is -2.45.